The summed E-state index contributed by atoms with van der Waals surface area (Å²) >= 11 is 0. The lowest BCUT2D eigenvalue weighted by molar-refractivity contribution is -0.167. The molecule has 1 atom stereocenters. The van der Waals surface area contributed by atoms with Gasteiger partial charge in [-0.2, -0.15) is 0 Å². The Bertz CT molecular complexity index is 766. The van der Waals surface area contributed by atoms with E-state index in [0.29, 0.717) is 19.3 Å². The van der Waals surface area contributed by atoms with Gasteiger partial charge in [-0.1, -0.05) is 207 Å². The van der Waals surface area contributed by atoms with Gasteiger partial charge in [-0.3, -0.25) is 14.4 Å². The van der Waals surface area contributed by atoms with Crippen LogP contribution in [0.15, 0.2) is 0 Å². The Kier molecular flexibility index (Phi) is 38.4. The number of unbranched alkanes of at least 4 members (excludes halogenated alkanes) is 27. The first-order chi connectivity index (χ1) is 24.9. The van der Waals surface area contributed by atoms with Crippen LogP contribution in [0, 0.1) is 5.92 Å². The average molecular weight is 723 g/mol. The van der Waals surface area contributed by atoms with Gasteiger partial charge in [0, 0.05) is 19.3 Å². The largest absolute Gasteiger partial charge is 0.462 e. The lowest BCUT2D eigenvalue weighted by Crippen LogP contribution is -2.30. The van der Waals surface area contributed by atoms with Crippen molar-refractivity contribution in [2.75, 3.05) is 13.2 Å². The topological polar surface area (TPSA) is 78.9 Å². The summed E-state index contributed by atoms with van der Waals surface area (Å²) in [5, 5.41) is 0. The standard InChI is InChI=1S/C45H86O6/c1-5-7-9-11-13-15-20-24-28-32-36-43(46)49-39-42(51-45(48)38-34-30-26-21-16-14-12-10-8-6-2)40-50-44(47)37-33-29-25-22-18-17-19-23-27-31-35-41(3)4/h41-42H,5-40H2,1-4H3/t42-/m0/s1. The molecule has 0 N–H and O–H groups in total. The summed E-state index contributed by atoms with van der Waals surface area (Å²) in [6, 6.07) is 0. The summed E-state index contributed by atoms with van der Waals surface area (Å²) in [6.45, 7) is 8.96. The smallest absolute Gasteiger partial charge is 0.306 e. The fraction of sp³-hybridized carbons (Fsp3) is 0.933. The summed E-state index contributed by atoms with van der Waals surface area (Å²) in [5.74, 6) is -0.0394. The van der Waals surface area contributed by atoms with E-state index in [1.165, 1.54) is 141 Å². The third kappa shape index (κ3) is 39.5. The first-order valence-electron chi connectivity index (χ1n) is 22.4. The van der Waals surface area contributed by atoms with Crippen molar-refractivity contribution in [1.82, 2.24) is 0 Å². The van der Waals surface area contributed by atoms with Gasteiger partial charge >= 0.3 is 17.9 Å². The molecule has 0 aliphatic heterocycles. The predicted molar refractivity (Wildman–Crippen MR) is 215 cm³/mol. The molecule has 0 bridgehead atoms. The van der Waals surface area contributed by atoms with Crippen molar-refractivity contribution in [1.29, 1.82) is 0 Å². The highest BCUT2D eigenvalue weighted by Gasteiger charge is 2.19. The van der Waals surface area contributed by atoms with Gasteiger partial charge in [0.2, 0.25) is 0 Å². The molecule has 0 aromatic rings. The Morgan fingerprint density at radius 3 is 0.961 bits per heavy atom. The van der Waals surface area contributed by atoms with Gasteiger partial charge < -0.3 is 14.2 Å². The Morgan fingerprint density at radius 2 is 0.647 bits per heavy atom. The first kappa shape index (κ1) is 49.4. The van der Waals surface area contributed by atoms with Crippen LogP contribution in [-0.2, 0) is 28.6 Å². The van der Waals surface area contributed by atoms with Crippen LogP contribution < -0.4 is 0 Å². The second kappa shape index (κ2) is 39.6. The quantitative estimate of drug-likeness (QED) is 0.0356. The monoisotopic (exact) mass is 723 g/mol. The maximum atomic E-state index is 12.7. The molecule has 302 valence electrons. The molecule has 0 aliphatic carbocycles. The highest BCUT2D eigenvalue weighted by molar-refractivity contribution is 5.71. The van der Waals surface area contributed by atoms with Crippen molar-refractivity contribution in [2.24, 2.45) is 5.92 Å². The van der Waals surface area contributed by atoms with Gasteiger partial charge in [-0.05, 0) is 25.2 Å². The zero-order chi connectivity index (χ0) is 37.5. The van der Waals surface area contributed by atoms with Crippen molar-refractivity contribution in [2.45, 2.75) is 252 Å². The molecule has 0 amide bonds. The van der Waals surface area contributed by atoms with E-state index in [1.54, 1.807) is 0 Å². The second-order valence-corrected chi connectivity index (χ2v) is 15.8. The maximum Gasteiger partial charge on any atom is 0.306 e. The zero-order valence-corrected chi connectivity index (χ0v) is 34.6. The molecule has 6 heteroatoms. The van der Waals surface area contributed by atoms with E-state index in [9.17, 15) is 14.4 Å². The van der Waals surface area contributed by atoms with Crippen molar-refractivity contribution in [3.63, 3.8) is 0 Å². The minimum absolute atomic E-state index is 0.0641. The van der Waals surface area contributed by atoms with Crippen molar-refractivity contribution in [3.05, 3.63) is 0 Å². The summed E-state index contributed by atoms with van der Waals surface area (Å²) in [5.41, 5.74) is 0. The van der Waals surface area contributed by atoms with Crippen molar-refractivity contribution < 1.29 is 28.6 Å². The molecule has 0 saturated heterocycles. The van der Waals surface area contributed by atoms with Crippen molar-refractivity contribution in [3.8, 4) is 0 Å². The van der Waals surface area contributed by atoms with Gasteiger partial charge in [-0.25, -0.2) is 0 Å². The molecule has 51 heavy (non-hydrogen) atoms. The molecule has 0 radical (unpaired) electrons. The summed E-state index contributed by atoms with van der Waals surface area (Å²) in [7, 11) is 0. The number of ether oxygens (including phenoxy) is 3. The summed E-state index contributed by atoms with van der Waals surface area (Å²) in [4.78, 5) is 37.6. The number of rotatable bonds is 40. The van der Waals surface area contributed by atoms with Crippen LogP contribution in [0.25, 0.3) is 0 Å². The molecule has 0 spiro atoms. The average Bonchev–Trinajstić information content (AvgIpc) is 3.11. The number of hydrogen-bond donors (Lipinski definition) is 0. The fourth-order valence-electron chi connectivity index (χ4n) is 6.63. The molecule has 6 nitrogen and oxygen atoms in total. The molecule has 0 saturated carbocycles. The summed E-state index contributed by atoms with van der Waals surface area (Å²) < 4.78 is 16.7. The predicted octanol–water partition coefficient (Wildman–Crippen LogP) is 13.9. The molecular weight excluding hydrogens is 636 g/mol. The maximum absolute atomic E-state index is 12.7. The molecule has 0 fully saturated rings. The van der Waals surface area contributed by atoms with Crippen LogP contribution in [0.5, 0.6) is 0 Å². The molecular formula is C45H86O6. The first-order valence-corrected chi connectivity index (χ1v) is 22.4. The van der Waals surface area contributed by atoms with Gasteiger partial charge in [0.05, 0.1) is 0 Å². The van der Waals surface area contributed by atoms with Crippen LogP contribution in [-0.4, -0.2) is 37.2 Å². The van der Waals surface area contributed by atoms with Crippen molar-refractivity contribution >= 4 is 17.9 Å². The summed E-state index contributed by atoms with van der Waals surface area (Å²) in [6.07, 6.45) is 38.0. The van der Waals surface area contributed by atoms with Gasteiger partial charge in [-0.15, -0.1) is 0 Å². The van der Waals surface area contributed by atoms with Gasteiger partial charge in [0.15, 0.2) is 6.10 Å². The van der Waals surface area contributed by atoms with E-state index >= 15 is 0 Å². The minimum atomic E-state index is -0.758. The molecule has 0 heterocycles. The highest BCUT2D eigenvalue weighted by atomic mass is 16.6. The van der Waals surface area contributed by atoms with Crippen LogP contribution >= 0.6 is 0 Å². The lowest BCUT2D eigenvalue weighted by Gasteiger charge is -2.18. The van der Waals surface area contributed by atoms with Crippen LogP contribution in [0.2, 0.25) is 0 Å². The highest BCUT2D eigenvalue weighted by Crippen LogP contribution is 2.16. The van der Waals surface area contributed by atoms with E-state index in [2.05, 4.69) is 27.7 Å². The van der Waals surface area contributed by atoms with Gasteiger partial charge in [0.1, 0.15) is 13.2 Å². The van der Waals surface area contributed by atoms with E-state index in [0.717, 1.165) is 63.7 Å². The molecule has 0 unspecified atom stereocenters. The lowest BCUT2D eigenvalue weighted by atomic mass is 10.0. The number of esters is 3. The van der Waals surface area contributed by atoms with E-state index in [4.69, 9.17) is 14.2 Å². The van der Waals surface area contributed by atoms with E-state index in [-0.39, 0.29) is 31.1 Å². The number of carbonyl (C=O) groups excluding carboxylic acids is 3. The third-order valence-electron chi connectivity index (χ3n) is 10.0. The van der Waals surface area contributed by atoms with Crippen LogP contribution in [0.3, 0.4) is 0 Å². The Labute approximate surface area is 317 Å². The fourth-order valence-corrected chi connectivity index (χ4v) is 6.63. The SMILES string of the molecule is CCCCCCCCCCCCC(=O)OC[C@@H](COC(=O)CCCCCCCCCCCCC(C)C)OC(=O)CCCCCCCCCCCC. The van der Waals surface area contributed by atoms with E-state index in [1.807, 2.05) is 0 Å². The third-order valence-corrected chi connectivity index (χ3v) is 10.0. The number of carbonyl (C=O) groups is 3. The Balaban J connectivity index is 4.31. The number of hydrogen-bond acceptors (Lipinski definition) is 6. The van der Waals surface area contributed by atoms with E-state index < -0.39 is 6.10 Å². The molecule has 0 aliphatic rings. The zero-order valence-electron chi connectivity index (χ0n) is 34.6. The van der Waals surface area contributed by atoms with Crippen LogP contribution in [0.4, 0.5) is 0 Å². The van der Waals surface area contributed by atoms with Crippen LogP contribution in [0.1, 0.15) is 246 Å². The molecule has 0 aromatic heterocycles. The second-order valence-electron chi connectivity index (χ2n) is 15.8. The Hall–Kier alpha value is -1.59. The Morgan fingerprint density at radius 1 is 0.373 bits per heavy atom. The molecule has 0 aromatic carbocycles. The minimum Gasteiger partial charge on any atom is -0.462 e. The normalized spacial score (nSPS) is 11.9. The molecule has 0 rings (SSSR count). The van der Waals surface area contributed by atoms with Gasteiger partial charge in [0.25, 0.3) is 0 Å².